The molecule has 5 nitrogen and oxygen atoms in total. The number of imidazole rings is 1. The molecule has 0 atom stereocenters. The maximum Gasteiger partial charge on any atom is 0.234 e. The summed E-state index contributed by atoms with van der Waals surface area (Å²) in [6.07, 6.45) is 8.62. The van der Waals surface area contributed by atoms with Crippen LogP contribution in [0, 0.1) is 0 Å². The molecule has 0 saturated carbocycles. The summed E-state index contributed by atoms with van der Waals surface area (Å²) in [5, 5.41) is 0.540. The predicted molar refractivity (Wildman–Crippen MR) is 74.3 cm³/mol. The largest absolute Gasteiger partial charge is 0.486 e. The number of hydrogen-bond acceptors (Lipinski definition) is 4. The average Bonchev–Trinajstić information content (AvgIpc) is 2.78. The molecule has 0 aliphatic carbocycles. The zero-order valence-corrected chi connectivity index (χ0v) is 12.0. The highest BCUT2D eigenvalue weighted by atomic mass is 79.9. The first-order valence-electron chi connectivity index (χ1n) is 5.43. The van der Waals surface area contributed by atoms with E-state index in [0.29, 0.717) is 23.2 Å². The fourth-order valence-electron chi connectivity index (χ4n) is 1.61. The van der Waals surface area contributed by atoms with Crippen molar-refractivity contribution in [2.75, 3.05) is 0 Å². The minimum atomic E-state index is 0.336. The first-order valence-corrected chi connectivity index (χ1v) is 6.60. The van der Waals surface area contributed by atoms with Gasteiger partial charge in [-0.15, -0.1) is 0 Å². The Morgan fingerprint density at radius 2 is 2.16 bits per heavy atom. The van der Waals surface area contributed by atoms with Crippen molar-refractivity contribution in [1.82, 2.24) is 19.4 Å². The van der Waals surface area contributed by atoms with Crippen molar-refractivity contribution in [3.8, 4) is 5.75 Å². The normalized spacial score (nSPS) is 10.8. The highest BCUT2D eigenvalue weighted by Crippen LogP contribution is 2.17. The molecule has 3 aromatic heterocycles. The molecule has 0 saturated heterocycles. The highest BCUT2D eigenvalue weighted by Gasteiger charge is 2.04. The summed E-state index contributed by atoms with van der Waals surface area (Å²) in [5.74, 6) is 1.24. The zero-order chi connectivity index (χ0) is 13.2. The summed E-state index contributed by atoms with van der Waals surface area (Å²) in [4.78, 5) is 12.5. The molecule has 3 aromatic rings. The van der Waals surface area contributed by atoms with Crippen LogP contribution in [0.15, 0.2) is 41.5 Å². The van der Waals surface area contributed by atoms with Gasteiger partial charge in [0.1, 0.15) is 12.4 Å². The molecule has 0 aliphatic heterocycles. The van der Waals surface area contributed by atoms with Crippen molar-refractivity contribution in [3.05, 3.63) is 52.2 Å². The second-order valence-corrected chi connectivity index (χ2v) is 5.19. The van der Waals surface area contributed by atoms with Crippen LogP contribution in [0.25, 0.3) is 5.78 Å². The van der Waals surface area contributed by atoms with Crippen molar-refractivity contribution in [3.63, 3.8) is 0 Å². The second kappa shape index (κ2) is 5.14. The van der Waals surface area contributed by atoms with Gasteiger partial charge in [0.05, 0.1) is 21.4 Å². The van der Waals surface area contributed by atoms with Crippen LogP contribution in [0.5, 0.6) is 5.75 Å². The molecular formula is C12H8BrClN4O. The Hall–Kier alpha value is -1.66. The number of fused-ring (bicyclic) bond motifs is 1. The number of nitrogens with zero attached hydrogens (tertiary/aromatic N) is 4. The number of aromatic nitrogens is 4. The maximum atomic E-state index is 5.83. The lowest BCUT2D eigenvalue weighted by molar-refractivity contribution is 0.301. The summed E-state index contributed by atoms with van der Waals surface area (Å²) < 4.78 is 8.30. The van der Waals surface area contributed by atoms with Crippen LogP contribution in [0.1, 0.15) is 5.69 Å². The van der Waals surface area contributed by atoms with Gasteiger partial charge in [0.25, 0.3) is 0 Å². The van der Waals surface area contributed by atoms with Crippen LogP contribution in [-0.2, 0) is 6.61 Å². The van der Waals surface area contributed by atoms with Gasteiger partial charge >= 0.3 is 0 Å². The van der Waals surface area contributed by atoms with Crippen molar-refractivity contribution in [2.24, 2.45) is 0 Å². The van der Waals surface area contributed by atoms with Crippen LogP contribution in [0.3, 0.4) is 0 Å². The molecule has 0 bridgehead atoms. The molecule has 3 rings (SSSR count). The standard InChI is InChI=1S/C12H8BrClN4O/c13-8-2-16-12-17-10(6-18(12)5-8)7-19-11-1-9(14)3-15-4-11/h1-6H,7H2. The van der Waals surface area contributed by atoms with Crippen molar-refractivity contribution in [1.29, 1.82) is 0 Å². The Bertz CT molecular complexity index is 731. The van der Waals surface area contributed by atoms with Gasteiger partial charge in [-0.1, -0.05) is 11.6 Å². The summed E-state index contributed by atoms with van der Waals surface area (Å²) in [5.41, 5.74) is 0.783. The van der Waals surface area contributed by atoms with Gasteiger partial charge < -0.3 is 4.74 Å². The summed E-state index contributed by atoms with van der Waals surface area (Å²) in [7, 11) is 0. The minimum absolute atomic E-state index is 0.336. The topological polar surface area (TPSA) is 52.3 Å². The number of pyridine rings is 1. The molecule has 0 aliphatic rings. The van der Waals surface area contributed by atoms with Crippen LogP contribution < -0.4 is 4.74 Å². The monoisotopic (exact) mass is 338 g/mol. The predicted octanol–water partition coefficient (Wildman–Crippen LogP) is 3.12. The molecule has 3 heterocycles. The lowest BCUT2D eigenvalue weighted by Gasteiger charge is -2.02. The Kier molecular flexibility index (Phi) is 3.35. The summed E-state index contributed by atoms with van der Waals surface area (Å²) >= 11 is 9.19. The van der Waals surface area contributed by atoms with E-state index in [1.807, 2.05) is 16.8 Å². The van der Waals surface area contributed by atoms with Crippen LogP contribution >= 0.6 is 27.5 Å². The fraction of sp³-hybridized carbons (Fsp3) is 0.0833. The average molecular weight is 340 g/mol. The number of hydrogen-bond donors (Lipinski definition) is 0. The van der Waals surface area contributed by atoms with Crippen molar-refractivity contribution < 1.29 is 4.74 Å². The third-order valence-corrected chi connectivity index (χ3v) is 3.01. The fourth-order valence-corrected chi connectivity index (χ4v) is 2.09. The van der Waals surface area contributed by atoms with Gasteiger partial charge in [-0.05, 0) is 15.9 Å². The Morgan fingerprint density at radius 3 is 3.00 bits per heavy atom. The van der Waals surface area contributed by atoms with E-state index in [4.69, 9.17) is 16.3 Å². The number of rotatable bonds is 3. The van der Waals surface area contributed by atoms with Crippen molar-refractivity contribution >= 4 is 33.3 Å². The van der Waals surface area contributed by atoms with E-state index >= 15 is 0 Å². The van der Waals surface area contributed by atoms with E-state index in [0.717, 1.165) is 10.2 Å². The van der Waals surface area contributed by atoms with E-state index in [-0.39, 0.29) is 0 Å². The Balaban J connectivity index is 1.78. The molecular weight excluding hydrogens is 332 g/mol. The van der Waals surface area contributed by atoms with Gasteiger partial charge in [0.15, 0.2) is 0 Å². The molecule has 96 valence electrons. The van der Waals surface area contributed by atoms with Crippen LogP contribution in [-0.4, -0.2) is 19.4 Å². The lowest BCUT2D eigenvalue weighted by atomic mass is 10.4. The number of ether oxygens (including phenoxy) is 1. The molecule has 0 amide bonds. The van der Waals surface area contributed by atoms with Gasteiger partial charge in [0.2, 0.25) is 5.78 Å². The molecule has 19 heavy (non-hydrogen) atoms. The van der Waals surface area contributed by atoms with E-state index in [1.165, 1.54) is 0 Å². The van der Waals surface area contributed by atoms with Gasteiger partial charge in [0, 0.05) is 30.9 Å². The van der Waals surface area contributed by atoms with Crippen molar-refractivity contribution in [2.45, 2.75) is 6.61 Å². The van der Waals surface area contributed by atoms with Crippen LogP contribution in [0.4, 0.5) is 0 Å². The smallest absolute Gasteiger partial charge is 0.234 e. The molecule has 0 radical (unpaired) electrons. The molecule has 0 fully saturated rings. The zero-order valence-electron chi connectivity index (χ0n) is 9.62. The summed E-state index contributed by atoms with van der Waals surface area (Å²) in [6, 6.07) is 1.71. The molecule has 7 heteroatoms. The van der Waals surface area contributed by atoms with E-state index in [1.54, 1.807) is 24.7 Å². The Morgan fingerprint density at radius 1 is 1.26 bits per heavy atom. The van der Waals surface area contributed by atoms with E-state index in [2.05, 4.69) is 30.9 Å². The Labute approximate surface area is 122 Å². The second-order valence-electron chi connectivity index (χ2n) is 3.84. The van der Waals surface area contributed by atoms with E-state index < -0.39 is 0 Å². The van der Waals surface area contributed by atoms with Crippen LogP contribution in [0.2, 0.25) is 5.02 Å². The highest BCUT2D eigenvalue weighted by molar-refractivity contribution is 9.10. The van der Waals surface area contributed by atoms with Gasteiger partial charge in [-0.3, -0.25) is 9.38 Å². The van der Waals surface area contributed by atoms with E-state index in [9.17, 15) is 0 Å². The molecule has 0 aromatic carbocycles. The third-order valence-electron chi connectivity index (χ3n) is 2.39. The quantitative estimate of drug-likeness (QED) is 0.736. The molecule has 0 N–H and O–H groups in total. The SMILES string of the molecule is Clc1cncc(OCc2cn3cc(Br)cnc3n2)c1. The maximum absolute atomic E-state index is 5.83. The molecule has 0 unspecified atom stereocenters. The summed E-state index contributed by atoms with van der Waals surface area (Å²) in [6.45, 7) is 0.336. The third kappa shape index (κ3) is 2.85. The first-order chi connectivity index (χ1) is 9.20. The van der Waals surface area contributed by atoms with Gasteiger partial charge in [-0.2, -0.15) is 0 Å². The lowest BCUT2D eigenvalue weighted by Crippen LogP contribution is -1.95. The first kappa shape index (κ1) is 12.4. The molecule has 0 spiro atoms. The number of halogens is 2. The minimum Gasteiger partial charge on any atom is -0.486 e. The van der Waals surface area contributed by atoms with Gasteiger partial charge in [-0.25, -0.2) is 9.97 Å².